The number of nitrogens with two attached hydrogens (primary N) is 1. The Kier molecular flexibility index (Phi) is 2.20. The van der Waals surface area contributed by atoms with E-state index in [1.165, 1.54) is 16.8 Å². The van der Waals surface area contributed by atoms with Crippen molar-refractivity contribution in [3.63, 3.8) is 0 Å². The Morgan fingerprint density at radius 3 is 2.79 bits per heavy atom. The number of nitrogen functional groups attached to an aromatic ring is 1. The number of hydrogen-bond donors (Lipinski definition) is 1. The van der Waals surface area contributed by atoms with Gasteiger partial charge in [0.15, 0.2) is 0 Å². The molecule has 0 aliphatic heterocycles. The third kappa shape index (κ3) is 1.60. The zero-order chi connectivity index (χ0) is 10.1. The first kappa shape index (κ1) is 9.13. The maximum atomic E-state index is 5.72. The Bertz CT molecular complexity index is 441. The van der Waals surface area contributed by atoms with Crippen molar-refractivity contribution in [2.45, 2.75) is 20.4 Å². The van der Waals surface area contributed by atoms with Gasteiger partial charge < -0.3 is 10.3 Å². The fourth-order valence-electron chi connectivity index (χ4n) is 1.70. The van der Waals surface area contributed by atoms with E-state index in [4.69, 9.17) is 5.73 Å². The van der Waals surface area contributed by atoms with Crippen LogP contribution in [0, 0.1) is 5.92 Å². The first-order valence-electron chi connectivity index (χ1n) is 4.80. The van der Waals surface area contributed by atoms with Crippen molar-refractivity contribution in [2.24, 2.45) is 0 Å². The van der Waals surface area contributed by atoms with Gasteiger partial charge in [0.1, 0.15) is 0 Å². The molecule has 0 atom stereocenters. The highest BCUT2D eigenvalue weighted by molar-refractivity contribution is 5.83. The summed E-state index contributed by atoms with van der Waals surface area (Å²) in [5, 5.41) is 1.21. The van der Waals surface area contributed by atoms with Crippen LogP contribution >= 0.6 is 0 Å². The zero-order valence-corrected chi connectivity index (χ0v) is 8.62. The summed E-state index contributed by atoms with van der Waals surface area (Å²) in [6.45, 7) is 5.26. The van der Waals surface area contributed by atoms with Crippen molar-refractivity contribution in [1.29, 1.82) is 0 Å². The summed E-state index contributed by atoms with van der Waals surface area (Å²) < 4.78 is 2.24. The fraction of sp³-hybridized carbons (Fsp3) is 0.250. The van der Waals surface area contributed by atoms with Gasteiger partial charge in [0, 0.05) is 29.3 Å². The summed E-state index contributed by atoms with van der Waals surface area (Å²) in [7, 11) is 0. The summed E-state index contributed by atoms with van der Waals surface area (Å²) >= 11 is 0. The van der Waals surface area contributed by atoms with Gasteiger partial charge in [-0.3, -0.25) is 0 Å². The minimum Gasteiger partial charge on any atom is -0.399 e. The van der Waals surface area contributed by atoms with E-state index in [9.17, 15) is 0 Å². The Morgan fingerprint density at radius 1 is 1.29 bits per heavy atom. The lowest BCUT2D eigenvalue weighted by atomic mass is 10.2. The molecule has 2 rings (SSSR count). The van der Waals surface area contributed by atoms with Crippen LogP contribution in [0.25, 0.3) is 10.9 Å². The first-order chi connectivity index (χ1) is 6.66. The Morgan fingerprint density at radius 2 is 2.07 bits per heavy atom. The standard InChI is InChI=1S/C12H15N2/c1-9(2)8-14-6-5-10-7-11(13)3-4-12(10)14/h3-7H,8,13H2,1-2H3. The van der Waals surface area contributed by atoms with Crippen LogP contribution in [0.4, 0.5) is 5.69 Å². The van der Waals surface area contributed by atoms with E-state index in [-0.39, 0.29) is 0 Å². The van der Waals surface area contributed by atoms with Gasteiger partial charge in [-0.2, -0.15) is 0 Å². The maximum Gasteiger partial charge on any atom is 0.0481 e. The molecule has 1 radical (unpaired) electrons. The molecule has 1 aromatic heterocycles. The molecule has 14 heavy (non-hydrogen) atoms. The monoisotopic (exact) mass is 187 g/mol. The van der Waals surface area contributed by atoms with Crippen LogP contribution in [0.5, 0.6) is 0 Å². The number of rotatable bonds is 2. The average molecular weight is 187 g/mol. The molecule has 2 aromatic rings. The molecule has 0 saturated carbocycles. The quantitative estimate of drug-likeness (QED) is 0.720. The molecule has 2 N–H and O–H groups in total. The predicted molar refractivity (Wildman–Crippen MR) is 60.9 cm³/mol. The van der Waals surface area contributed by atoms with Crippen molar-refractivity contribution in [3.8, 4) is 0 Å². The van der Waals surface area contributed by atoms with Crippen LogP contribution in [0.15, 0.2) is 30.5 Å². The molecule has 0 spiro atoms. The molecule has 73 valence electrons. The number of fused-ring (bicyclic) bond motifs is 1. The Balaban J connectivity index is 2.47. The van der Waals surface area contributed by atoms with Gasteiger partial charge in [-0.15, -0.1) is 0 Å². The van der Waals surface area contributed by atoms with E-state index in [1.54, 1.807) is 0 Å². The first-order valence-corrected chi connectivity index (χ1v) is 4.80. The molecule has 0 aliphatic rings. The minimum absolute atomic E-state index is 0.826. The number of aromatic nitrogens is 1. The van der Waals surface area contributed by atoms with E-state index >= 15 is 0 Å². The molecule has 2 nitrogen and oxygen atoms in total. The van der Waals surface area contributed by atoms with Crippen LogP contribution in [-0.2, 0) is 6.54 Å². The van der Waals surface area contributed by atoms with E-state index in [0.717, 1.165) is 12.2 Å². The Hall–Kier alpha value is -1.44. The number of nitrogens with zero attached hydrogens (tertiary/aromatic N) is 1. The van der Waals surface area contributed by atoms with Gasteiger partial charge >= 0.3 is 0 Å². The van der Waals surface area contributed by atoms with Gasteiger partial charge in [-0.25, -0.2) is 0 Å². The normalized spacial score (nSPS) is 11.4. The van der Waals surface area contributed by atoms with Crippen molar-refractivity contribution in [2.75, 3.05) is 5.73 Å². The highest BCUT2D eigenvalue weighted by atomic mass is 15.0. The highest BCUT2D eigenvalue weighted by Gasteiger charge is 2.02. The van der Waals surface area contributed by atoms with Gasteiger partial charge in [0.05, 0.1) is 0 Å². The van der Waals surface area contributed by atoms with Crippen LogP contribution in [-0.4, -0.2) is 4.57 Å². The van der Waals surface area contributed by atoms with Gasteiger partial charge in [-0.05, 0) is 30.2 Å². The SMILES string of the molecule is C[C](C)Cn1ccc2cc(N)ccc21. The lowest BCUT2D eigenvalue weighted by Crippen LogP contribution is -2.00. The molecule has 1 aromatic carbocycles. The van der Waals surface area contributed by atoms with Crippen LogP contribution in [0.3, 0.4) is 0 Å². The van der Waals surface area contributed by atoms with Crippen molar-refractivity contribution < 1.29 is 0 Å². The average Bonchev–Trinajstić information content (AvgIpc) is 2.47. The molecule has 0 aliphatic carbocycles. The highest BCUT2D eigenvalue weighted by Crippen LogP contribution is 2.19. The molecule has 2 heteroatoms. The second-order valence-corrected chi connectivity index (χ2v) is 3.97. The van der Waals surface area contributed by atoms with Crippen LogP contribution in [0.1, 0.15) is 13.8 Å². The van der Waals surface area contributed by atoms with Crippen molar-refractivity contribution in [3.05, 3.63) is 36.4 Å². The van der Waals surface area contributed by atoms with Gasteiger partial charge in [0.2, 0.25) is 0 Å². The van der Waals surface area contributed by atoms with Crippen molar-refractivity contribution in [1.82, 2.24) is 4.57 Å². The van der Waals surface area contributed by atoms with Crippen LogP contribution < -0.4 is 5.73 Å². The molecular weight excluding hydrogens is 172 g/mol. The Labute approximate surface area is 84.3 Å². The van der Waals surface area contributed by atoms with Crippen molar-refractivity contribution >= 4 is 16.6 Å². The molecular formula is C12H15N2. The molecule has 0 bridgehead atoms. The van der Waals surface area contributed by atoms with E-state index in [2.05, 4.69) is 36.7 Å². The summed E-state index contributed by atoms with van der Waals surface area (Å²) in [4.78, 5) is 0. The number of anilines is 1. The summed E-state index contributed by atoms with van der Waals surface area (Å²) in [5.74, 6) is 1.40. The van der Waals surface area contributed by atoms with Crippen LogP contribution in [0.2, 0.25) is 0 Å². The van der Waals surface area contributed by atoms with E-state index in [0.29, 0.717) is 0 Å². The third-order valence-electron chi connectivity index (χ3n) is 2.28. The molecule has 0 unspecified atom stereocenters. The summed E-state index contributed by atoms with van der Waals surface area (Å²) in [6, 6.07) is 8.14. The van der Waals surface area contributed by atoms with E-state index < -0.39 is 0 Å². The zero-order valence-electron chi connectivity index (χ0n) is 8.62. The minimum atomic E-state index is 0.826. The molecule has 0 fully saturated rings. The fourth-order valence-corrected chi connectivity index (χ4v) is 1.70. The topological polar surface area (TPSA) is 30.9 Å². The molecule has 1 heterocycles. The lowest BCUT2D eigenvalue weighted by Gasteiger charge is -2.07. The second kappa shape index (κ2) is 3.37. The summed E-state index contributed by atoms with van der Waals surface area (Å²) in [5.41, 5.74) is 7.80. The van der Waals surface area contributed by atoms with Gasteiger partial charge in [-0.1, -0.05) is 13.8 Å². The number of benzene rings is 1. The molecule has 0 saturated heterocycles. The molecule has 0 amide bonds. The second-order valence-electron chi connectivity index (χ2n) is 3.97. The predicted octanol–water partition coefficient (Wildman–Crippen LogP) is 2.84. The van der Waals surface area contributed by atoms with Gasteiger partial charge in [0.25, 0.3) is 0 Å². The smallest absolute Gasteiger partial charge is 0.0481 e. The van der Waals surface area contributed by atoms with E-state index in [1.807, 2.05) is 12.1 Å². The third-order valence-corrected chi connectivity index (χ3v) is 2.28. The summed E-state index contributed by atoms with van der Waals surface area (Å²) in [6.07, 6.45) is 2.11. The lowest BCUT2D eigenvalue weighted by molar-refractivity contribution is 0.738. The maximum absolute atomic E-state index is 5.72. The largest absolute Gasteiger partial charge is 0.399 e. The number of hydrogen-bond acceptors (Lipinski definition) is 1.